The summed E-state index contributed by atoms with van der Waals surface area (Å²) in [4.78, 5) is 17.3. The summed E-state index contributed by atoms with van der Waals surface area (Å²) < 4.78 is 16.6. The molecule has 0 aromatic heterocycles. The minimum atomic E-state index is -0.194. The highest BCUT2D eigenvalue weighted by Gasteiger charge is 2.36. The van der Waals surface area contributed by atoms with Crippen LogP contribution in [-0.2, 0) is 4.79 Å². The number of likely N-dealkylation sites (tertiary alicyclic amines) is 1. The Balaban J connectivity index is 1.24. The molecule has 3 unspecified atom stereocenters. The fraction of sp³-hybridized carbons (Fsp3) is 0.650. The molecule has 4 rings (SSSR count). The highest BCUT2D eigenvalue weighted by Crippen LogP contribution is 2.35. The van der Waals surface area contributed by atoms with Crippen LogP contribution in [0.15, 0.2) is 18.2 Å². The van der Waals surface area contributed by atoms with E-state index in [0.717, 1.165) is 50.5 Å². The van der Waals surface area contributed by atoms with Crippen LogP contribution in [-0.4, -0.2) is 73.4 Å². The third-order valence-electron chi connectivity index (χ3n) is 5.88. The van der Waals surface area contributed by atoms with Gasteiger partial charge in [0.25, 0.3) is 0 Å². The summed E-state index contributed by atoms with van der Waals surface area (Å²) in [6, 6.07) is 5.94. The van der Waals surface area contributed by atoms with Crippen molar-refractivity contribution in [3.8, 4) is 17.2 Å². The summed E-state index contributed by atoms with van der Waals surface area (Å²) in [6.07, 6.45) is 1.78. The molecule has 1 amide bonds. The number of hydrazine groups is 1. The molecule has 2 fully saturated rings. The van der Waals surface area contributed by atoms with Gasteiger partial charge in [-0.15, -0.1) is 0 Å². The molecule has 1 aromatic carbocycles. The van der Waals surface area contributed by atoms with Gasteiger partial charge in [0, 0.05) is 25.2 Å². The summed E-state index contributed by atoms with van der Waals surface area (Å²) in [7, 11) is 0. The van der Waals surface area contributed by atoms with Crippen LogP contribution < -0.4 is 25.1 Å². The lowest BCUT2D eigenvalue weighted by atomic mass is 10.1. The van der Waals surface area contributed by atoms with E-state index in [1.807, 2.05) is 23.1 Å². The summed E-state index contributed by atoms with van der Waals surface area (Å²) >= 11 is 0. The Morgan fingerprint density at radius 3 is 2.89 bits per heavy atom. The van der Waals surface area contributed by atoms with E-state index in [2.05, 4.69) is 29.6 Å². The summed E-state index contributed by atoms with van der Waals surface area (Å²) in [5.74, 6) is 2.38. The molecular formula is C20H30N4O4. The maximum Gasteiger partial charge on any atom is 0.241 e. The molecule has 28 heavy (non-hydrogen) atoms. The van der Waals surface area contributed by atoms with Gasteiger partial charge in [0.15, 0.2) is 11.5 Å². The van der Waals surface area contributed by atoms with Gasteiger partial charge >= 0.3 is 0 Å². The van der Waals surface area contributed by atoms with E-state index < -0.39 is 0 Å². The molecule has 0 saturated carbocycles. The lowest BCUT2D eigenvalue weighted by Gasteiger charge is -2.26. The molecule has 8 nitrogen and oxygen atoms in total. The number of ether oxygens (including phenoxy) is 3. The van der Waals surface area contributed by atoms with Gasteiger partial charge in [-0.2, -0.15) is 0 Å². The Morgan fingerprint density at radius 1 is 1.25 bits per heavy atom. The van der Waals surface area contributed by atoms with Crippen molar-refractivity contribution >= 4 is 5.91 Å². The summed E-state index contributed by atoms with van der Waals surface area (Å²) in [5.41, 5.74) is 6.35. The predicted octanol–water partition coefficient (Wildman–Crippen LogP) is 0.972. The molecule has 3 aliphatic heterocycles. The number of nitrogens with one attached hydrogen (secondary N) is 2. The topological polar surface area (TPSA) is 75.3 Å². The molecule has 2 N–H and O–H groups in total. The monoisotopic (exact) mass is 390 g/mol. The molecule has 3 heterocycles. The average molecular weight is 390 g/mol. The van der Waals surface area contributed by atoms with Gasteiger partial charge in [-0.1, -0.05) is 13.8 Å². The van der Waals surface area contributed by atoms with Gasteiger partial charge in [-0.05, 0) is 38.1 Å². The standard InChI is InChI=1S/C20H30N4O4/c1-3-23(4-2)15-7-8-24(11-15)20(25)17-9-14(21-22-17)12-26-16-5-6-18-19(10-16)28-13-27-18/h5-6,10,14-15,17,21-22H,3-4,7-9,11-13H2,1-2H3. The number of nitrogens with zero attached hydrogens (tertiary/aromatic N) is 2. The molecule has 8 heteroatoms. The quantitative estimate of drug-likeness (QED) is 0.719. The number of benzene rings is 1. The average Bonchev–Trinajstić information content (AvgIpc) is 3.46. The van der Waals surface area contributed by atoms with Crippen molar-refractivity contribution in [2.45, 2.75) is 44.8 Å². The molecule has 0 spiro atoms. The van der Waals surface area contributed by atoms with E-state index in [9.17, 15) is 4.79 Å². The highest BCUT2D eigenvalue weighted by molar-refractivity contribution is 5.82. The lowest BCUT2D eigenvalue weighted by molar-refractivity contribution is -0.132. The first-order valence-electron chi connectivity index (χ1n) is 10.2. The predicted molar refractivity (Wildman–Crippen MR) is 104 cm³/mol. The second kappa shape index (κ2) is 8.55. The van der Waals surface area contributed by atoms with E-state index in [4.69, 9.17) is 14.2 Å². The van der Waals surface area contributed by atoms with Gasteiger partial charge in [0.1, 0.15) is 18.4 Å². The Labute approximate surface area is 166 Å². The van der Waals surface area contributed by atoms with Crippen LogP contribution in [0.5, 0.6) is 17.2 Å². The molecule has 0 bridgehead atoms. The number of hydrogen-bond acceptors (Lipinski definition) is 7. The van der Waals surface area contributed by atoms with Crippen molar-refractivity contribution in [1.82, 2.24) is 20.7 Å². The molecule has 154 valence electrons. The fourth-order valence-electron chi connectivity index (χ4n) is 4.26. The third kappa shape index (κ3) is 4.04. The van der Waals surface area contributed by atoms with Crippen LogP contribution in [0.3, 0.4) is 0 Å². The van der Waals surface area contributed by atoms with Crippen molar-refractivity contribution in [2.24, 2.45) is 0 Å². The minimum absolute atomic E-state index is 0.0838. The zero-order chi connectivity index (χ0) is 19.5. The zero-order valence-corrected chi connectivity index (χ0v) is 16.6. The van der Waals surface area contributed by atoms with Crippen molar-refractivity contribution < 1.29 is 19.0 Å². The largest absolute Gasteiger partial charge is 0.492 e. The number of rotatable bonds is 7. The zero-order valence-electron chi connectivity index (χ0n) is 16.6. The van der Waals surface area contributed by atoms with E-state index in [-0.39, 0.29) is 24.8 Å². The van der Waals surface area contributed by atoms with Crippen LogP contribution >= 0.6 is 0 Å². The first-order valence-corrected chi connectivity index (χ1v) is 10.2. The SMILES string of the molecule is CCN(CC)C1CCN(C(=O)C2CC(COc3ccc4c(c3)OCO4)NN2)C1. The van der Waals surface area contributed by atoms with Crippen molar-refractivity contribution in [1.29, 1.82) is 0 Å². The molecule has 3 atom stereocenters. The Morgan fingerprint density at radius 2 is 2.07 bits per heavy atom. The van der Waals surface area contributed by atoms with Crippen LogP contribution in [0.2, 0.25) is 0 Å². The maximum absolute atomic E-state index is 12.9. The third-order valence-corrected chi connectivity index (χ3v) is 5.88. The minimum Gasteiger partial charge on any atom is -0.492 e. The number of carbonyl (C=O) groups is 1. The molecule has 0 aliphatic carbocycles. The van der Waals surface area contributed by atoms with Gasteiger partial charge in [-0.25, -0.2) is 5.43 Å². The fourth-order valence-corrected chi connectivity index (χ4v) is 4.26. The molecule has 0 radical (unpaired) electrons. The number of likely N-dealkylation sites (N-methyl/N-ethyl adjacent to an activating group) is 1. The summed E-state index contributed by atoms with van der Waals surface area (Å²) in [5, 5.41) is 0. The van der Waals surface area contributed by atoms with Crippen LogP contribution in [0.4, 0.5) is 0 Å². The van der Waals surface area contributed by atoms with Crippen LogP contribution in [0.25, 0.3) is 0 Å². The number of fused-ring (bicyclic) bond motifs is 1. The summed E-state index contributed by atoms with van der Waals surface area (Å²) in [6.45, 7) is 8.84. The van der Waals surface area contributed by atoms with Gasteiger partial charge in [0.05, 0.1) is 6.04 Å². The Kier molecular flexibility index (Phi) is 5.89. The van der Waals surface area contributed by atoms with Gasteiger partial charge < -0.3 is 19.1 Å². The molecule has 1 aromatic rings. The number of hydrogen-bond donors (Lipinski definition) is 2. The molecule has 2 saturated heterocycles. The Bertz CT molecular complexity index is 697. The first-order chi connectivity index (χ1) is 13.7. The second-order valence-corrected chi connectivity index (χ2v) is 7.55. The van der Waals surface area contributed by atoms with E-state index in [0.29, 0.717) is 18.4 Å². The van der Waals surface area contributed by atoms with Crippen LogP contribution in [0, 0.1) is 0 Å². The van der Waals surface area contributed by atoms with Crippen molar-refractivity contribution in [2.75, 3.05) is 39.6 Å². The number of carbonyl (C=O) groups excluding carboxylic acids is 1. The van der Waals surface area contributed by atoms with E-state index in [1.165, 1.54) is 0 Å². The second-order valence-electron chi connectivity index (χ2n) is 7.55. The van der Waals surface area contributed by atoms with Gasteiger partial charge in [-0.3, -0.25) is 15.1 Å². The first kappa shape index (κ1) is 19.3. The van der Waals surface area contributed by atoms with Crippen molar-refractivity contribution in [3.05, 3.63) is 18.2 Å². The van der Waals surface area contributed by atoms with Crippen molar-refractivity contribution in [3.63, 3.8) is 0 Å². The van der Waals surface area contributed by atoms with E-state index in [1.54, 1.807) is 0 Å². The maximum atomic E-state index is 12.9. The molecular weight excluding hydrogens is 360 g/mol. The normalized spacial score (nSPS) is 26.2. The highest BCUT2D eigenvalue weighted by atomic mass is 16.7. The van der Waals surface area contributed by atoms with E-state index >= 15 is 0 Å². The van der Waals surface area contributed by atoms with Gasteiger partial charge in [0.2, 0.25) is 12.7 Å². The lowest BCUT2D eigenvalue weighted by Crippen LogP contribution is -2.46. The number of amides is 1. The Hall–Kier alpha value is -2.03. The molecule has 3 aliphatic rings. The van der Waals surface area contributed by atoms with Crippen LogP contribution in [0.1, 0.15) is 26.7 Å². The smallest absolute Gasteiger partial charge is 0.241 e.